The number of nitrogens with two attached hydrogens (primary N) is 1. The highest BCUT2D eigenvalue weighted by Crippen LogP contribution is 2.34. The molecule has 0 aliphatic carbocycles. The van der Waals surface area contributed by atoms with E-state index in [0.29, 0.717) is 19.5 Å². The van der Waals surface area contributed by atoms with Gasteiger partial charge in [-0.3, -0.25) is 9.78 Å². The molecule has 2 aromatic carbocycles. The van der Waals surface area contributed by atoms with Crippen LogP contribution in [0.5, 0.6) is 0 Å². The molecule has 0 saturated heterocycles. The van der Waals surface area contributed by atoms with Crippen LogP contribution in [0.25, 0.3) is 10.9 Å². The Morgan fingerprint density at radius 2 is 1.83 bits per heavy atom. The van der Waals surface area contributed by atoms with Crippen molar-refractivity contribution in [1.29, 1.82) is 0 Å². The van der Waals surface area contributed by atoms with Gasteiger partial charge in [-0.1, -0.05) is 49.2 Å². The van der Waals surface area contributed by atoms with E-state index in [1.807, 2.05) is 18.2 Å². The molecular weight excluding hydrogens is 434 g/mol. The normalized spacial score (nSPS) is 17.9. The number of hydrogen-bond donors (Lipinski definition) is 1. The van der Waals surface area contributed by atoms with Gasteiger partial charge in [0.2, 0.25) is 0 Å². The average Bonchev–Trinajstić information content (AvgIpc) is 3.44. The molecule has 0 radical (unpaired) electrons. The Labute approximate surface area is 207 Å². The number of hydrogen-bond acceptors (Lipinski definition) is 5. The summed E-state index contributed by atoms with van der Waals surface area (Å²) in [4.78, 5) is 20.4. The number of fused-ring (bicyclic) bond motifs is 1. The van der Waals surface area contributed by atoms with Crippen LogP contribution in [-0.2, 0) is 4.79 Å². The standard InChI is InChI=1S/C29H33N5O/c30-16-3-1-2-4-20-34-29(35)26(24-9-7-11-27-25(24)10-8-17-31-27)21-28(32-34)22-12-14-23(15-13-22)33-18-5-6-19-33/h5,7-15,17-18,26H,1-4,6,16,19-21,30H2. The Kier molecular flexibility index (Phi) is 7.19. The number of anilines is 1. The second kappa shape index (κ2) is 10.8. The van der Waals surface area contributed by atoms with Gasteiger partial charge in [0.25, 0.3) is 5.91 Å². The smallest absolute Gasteiger partial charge is 0.250 e. The minimum atomic E-state index is -0.277. The number of aromatic nitrogens is 1. The first-order chi connectivity index (χ1) is 17.2. The zero-order valence-electron chi connectivity index (χ0n) is 20.1. The third kappa shape index (κ3) is 5.13. The van der Waals surface area contributed by atoms with Crippen LogP contribution < -0.4 is 10.6 Å². The fraction of sp³-hybridized carbons (Fsp3) is 0.345. The molecule has 0 saturated carbocycles. The number of pyridine rings is 1. The largest absolute Gasteiger partial charge is 0.348 e. The quantitative estimate of drug-likeness (QED) is 0.439. The molecule has 2 aliphatic heterocycles. The summed E-state index contributed by atoms with van der Waals surface area (Å²) in [5.41, 5.74) is 10.8. The van der Waals surface area contributed by atoms with Crippen LogP contribution in [0.15, 0.2) is 78.2 Å². The molecule has 0 fully saturated rings. The molecule has 2 aliphatic rings. The maximum Gasteiger partial charge on any atom is 0.250 e. The first-order valence-corrected chi connectivity index (χ1v) is 12.7. The van der Waals surface area contributed by atoms with Gasteiger partial charge in [0.1, 0.15) is 0 Å². The van der Waals surface area contributed by atoms with Crippen LogP contribution in [0.1, 0.15) is 55.6 Å². The van der Waals surface area contributed by atoms with Crippen LogP contribution in [-0.4, -0.2) is 41.2 Å². The molecule has 35 heavy (non-hydrogen) atoms. The van der Waals surface area contributed by atoms with Crippen molar-refractivity contribution in [3.05, 3.63) is 84.2 Å². The number of nitrogens with zero attached hydrogens (tertiary/aromatic N) is 4. The van der Waals surface area contributed by atoms with E-state index >= 15 is 0 Å². The predicted octanol–water partition coefficient (Wildman–Crippen LogP) is 5.20. The topological polar surface area (TPSA) is 74.8 Å². The number of carbonyl (C=O) groups is 1. The lowest BCUT2D eigenvalue weighted by Crippen LogP contribution is -2.38. The first kappa shape index (κ1) is 23.2. The Morgan fingerprint density at radius 1 is 0.971 bits per heavy atom. The Hall–Kier alpha value is -3.51. The van der Waals surface area contributed by atoms with Crippen molar-refractivity contribution in [3.8, 4) is 0 Å². The summed E-state index contributed by atoms with van der Waals surface area (Å²) in [5.74, 6) is -0.205. The highest BCUT2D eigenvalue weighted by atomic mass is 16.2. The van der Waals surface area contributed by atoms with E-state index in [0.717, 1.165) is 66.4 Å². The van der Waals surface area contributed by atoms with Crippen LogP contribution in [0, 0.1) is 0 Å². The molecule has 0 spiro atoms. The minimum absolute atomic E-state index is 0.0720. The van der Waals surface area contributed by atoms with Gasteiger partial charge in [-0.25, -0.2) is 5.01 Å². The molecule has 3 heterocycles. The van der Waals surface area contributed by atoms with Crippen molar-refractivity contribution < 1.29 is 4.79 Å². The van der Waals surface area contributed by atoms with Gasteiger partial charge in [-0.05, 0) is 61.2 Å². The van der Waals surface area contributed by atoms with Crippen LogP contribution >= 0.6 is 0 Å². The van der Waals surface area contributed by atoms with Crippen molar-refractivity contribution in [3.63, 3.8) is 0 Å². The Bertz CT molecular complexity index is 1230. The maximum absolute atomic E-state index is 13.7. The van der Waals surface area contributed by atoms with E-state index in [2.05, 4.69) is 58.6 Å². The lowest BCUT2D eigenvalue weighted by atomic mass is 9.86. The van der Waals surface area contributed by atoms with Gasteiger partial charge in [0.05, 0.1) is 17.1 Å². The van der Waals surface area contributed by atoms with Crippen molar-refractivity contribution in [1.82, 2.24) is 9.99 Å². The summed E-state index contributed by atoms with van der Waals surface area (Å²) in [6.07, 6.45) is 11.9. The van der Waals surface area contributed by atoms with Gasteiger partial charge < -0.3 is 10.6 Å². The van der Waals surface area contributed by atoms with Gasteiger partial charge in [-0.2, -0.15) is 5.10 Å². The number of amides is 1. The van der Waals surface area contributed by atoms with E-state index in [-0.39, 0.29) is 11.8 Å². The van der Waals surface area contributed by atoms with E-state index in [4.69, 9.17) is 10.8 Å². The predicted molar refractivity (Wildman–Crippen MR) is 142 cm³/mol. The third-order valence-electron chi connectivity index (χ3n) is 6.92. The molecular formula is C29H33N5O. The van der Waals surface area contributed by atoms with Crippen molar-refractivity contribution in [2.45, 2.75) is 44.4 Å². The summed E-state index contributed by atoms with van der Waals surface area (Å²) < 4.78 is 0. The van der Waals surface area contributed by atoms with Crippen molar-refractivity contribution in [2.75, 3.05) is 24.5 Å². The van der Waals surface area contributed by atoms with Gasteiger partial charge in [0, 0.05) is 43.0 Å². The molecule has 1 amide bonds. The number of rotatable bonds is 9. The zero-order chi connectivity index (χ0) is 24.0. The fourth-order valence-corrected chi connectivity index (χ4v) is 5.02. The third-order valence-corrected chi connectivity index (χ3v) is 6.92. The average molecular weight is 468 g/mol. The molecule has 2 N–H and O–H groups in total. The first-order valence-electron chi connectivity index (χ1n) is 12.7. The summed E-state index contributed by atoms with van der Waals surface area (Å²) in [7, 11) is 0. The van der Waals surface area contributed by atoms with Gasteiger partial charge in [0.15, 0.2) is 0 Å². The lowest BCUT2D eigenvalue weighted by molar-refractivity contribution is -0.133. The molecule has 1 aromatic heterocycles. The van der Waals surface area contributed by atoms with E-state index in [1.54, 1.807) is 11.2 Å². The summed E-state index contributed by atoms with van der Waals surface area (Å²) in [6.45, 7) is 2.36. The van der Waals surface area contributed by atoms with E-state index in [9.17, 15) is 4.79 Å². The Morgan fingerprint density at radius 3 is 2.63 bits per heavy atom. The van der Waals surface area contributed by atoms with E-state index < -0.39 is 0 Å². The van der Waals surface area contributed by atoms with E-state index in [1.165, 1.54) is 5.69 Å². The summed E-state index contributed by atoms with van der Waals surface area (Å²) >= 11 is 0. The molecule has 180 valence electrons. The van der Waals surface area contributed by atoms with Crippen molar-refractivity contribution >= 4 is 28.2 Å². The van der Waals surface area contributed by atoms with Crippen LogP contribution in [0.3, 0.4) is 0 Å². The summed E-state index contributed by atoms with van der Waals surface area (Å²) in [6, 6.07) is 18.6. The SMILES string of the molecule is NCCCCCCN1N=C(c2ccc(N3C=CCC3)cc2)CC(c2cccc3ncccc23)C1=O. The minimum Gasteiger partial charge on any atom is -0.348 e. The van der Waals surface area contributed by atoms with Crippen LogP contribution in [0.4, 0.5) is 5.69 Å². The molecule has 0 bridgehead atoms. The highest BCUT2D eigenvalue weighted by molar-refractivity contribution is 6.07. The molecule has 6 nitrogen and oxygen atoms in total. The maximum atomic E-state index is 13.7. The lowest BCUT2D eigenvalue weighted by Gasteiger charge is -2.30. The molecule has 1 atom stereocenters. The molecule has 3 aromatic rings. The van der Waals surface area contributed by atoms with Gasteiger partial charge >= 0.3 is 0 Å². The molecule has 6 heteroatoms. The second-order valence-electron chi connectivity index (χ2n) is 9.30. The van der Waals surface area contributed by atoms with Crippen molar-refractivity contribution in [2.24, 2.45) is 10.8 Å². The monoisotopic (exact) mass is 467 g/mol. The molecule has 5 rings (SSSR count). The number of hydrazone groups is 1. The number of carbonyl (C=O) groups excluding carboxylic acids is 1. The number of unbranched alkanes of at least 4 members (excludes halogenated alkanes) is 3. The zero-order valence-corrected chi connectivity index (χ0v) is 20.1. The highest BCUT2D eigenvalue weighted by Gasteiger charge is 2.33. The van der Waals surface area contributed by atoms with Gasteiger partial charge in [-0.15, -0.1) is 0 Å². The summed E-state index contributed by atoms with van der Waals surface area (Å²) in [5, 5.41) is 7.61. The Balaban J connectivity index is 1.44. The fourth-order valence-electron chi connectivity index (χ4n) is 5.02. The second-order valence-corrected chi connectivity index (χ2v) is 9.30. The molecule has 1 unspecified atom stereocenters. The van der Waals surface area contributed by atoms with Crippen LogP contribution in [0.2, 0.25) is 0 Å². The number of benzene rings is 2.